The topological polar surface area (TPSA) is 49.8 Å². The largest absolute Gasteiger partial charge is 0.391 e. The number of β-amino-alcohol motifs (C(OH)–C–C–N with tert-alkyl or cyclic N) is 1. The van der Waals surface area contributed by atoms with E-state index in [2.05, 4.69) is 0 Å². The Balaban J connectivity index is 1.96. The summed E-state index contributed by atoms with van der Waals surface area (Å²) in [6.07, 6.45) is 0.501. The monoisotopic (exact) mass is 263 g/mol. The second-order valence-corrected chi connectivity index (χ2v) is 5.25. The van der Waals surface area contributed by atoms with Gasteiger partial charge in [0.15, 0.2) is 0 Å². The molecule has 0 unspecified atom stereocenters. The van der Waals surface area contributed by atoms with Crippen molar-refractivity contribution in [3.63, 3.8) is 0 Å². The number of carbonyl (C=O) groups excluding carboxylic acids is 1. The van der Waals surface area contributed by atoms with E-state index in [4.69, 9.17) is 4.74 Å². The zero-order valence-corrected chi connectivity index (χ0v) is 11.5. The number of aliphatic hydroxyl groups excluding tert-OH is 1. The highest BCUT2D eigenvalue weighted by atomic mass is 16.5. The Hall–Kier alpha value is -1.39. The summed E-state index contributed by atoms with van der Waals surface area (Å²) in [4.78, 5) is 13.9. The molecule has 1 fully saturated rings. The number of rotatable bonds is 4. The van der Waals surface area contributed by atoms with Crippen molar-refractivity contribution in [2.75, 3.05) is 13.1 Å². The normalized spacial score (nSPS) is 19.2. The molecule has 0 saturated carbocycles. The molecule has 19 heavy (non-hydrogen) atoms. The van der Waals surface area contributed by atoms with Crippen molar-refractivity contribution in [2.24, 2.45) is 0 Å². The molecule has 0 aliphatic carbocycles. The molecule has 1 N–H and O–H groups in total. The van der Waals surface area contributed by atoms with E-state index in [1.165, 1.54) is 0 Å². The Morgan fingerprint density at radius 3 is 2.63 bits per heavy atom. The van der Waals surface area contributed by atoms with E-state index in [1.807, 2.05) is 38.1 Å². The summed E-state index contributed by atoms with van der Waals surface area (Å²) in [6.45, 7) is 5.64. The van der Waals surface area contributed by atoms with E-state index >= 15 is 0 Å². The van der Waals surface area contributed by atoms with Gasteiger partial charge in [-0.2, -0.15) is 0 Å². The van der Waals surface area contributed by atoms with Gasteiger partial charge in [-0.3, -0.25) is 4.79 Å². The number of likely N-dealkylation sites (tertiary alicyclic amines) is 1. The SMILES string of the molecule is CC(C)OCc1ccc(C(=O)N2CC[C@H](O)C2)cc1. The Morgan fingerprint density at radius 2 is 2.11 bits per heavy atom. The summed E-state index contributed by atoms with van der Waals surface area (Å²) in [7, 11) is 0. The molecule has 1 amide bonds. The van der Waals surface area contributed by atoms with Crippen LogP contribution in [-0.2, 0) is 11.3 Å². The van der Waals surface area contributed by atoms with Crippen LogP contribution >= 0.6 is 0 Å². The van der Waals surface area contributed by atoms with Crippen molar-refractivity contribution in [2.45, 2.75) is 39.1 Å². The Morgan fingerprint density at radius 1 is 1.42 bits per heavy atom. The fourth-order valence-corrected chi connectivity index (χ4v) is 2.12. The van der Waals surface area contributed by atoms with Gasteiger partial charge in [-0.25, -0.2) is 0 Å². The van der Waals surface area contributed by atoms with Gasteiger partial charge in [-0.15, -0.1) is 0 Å². The van der Waals surface area contributed by atoms with Crippen LogP contribution in [0.5, 0.6) is 0 Å². The first kappa shape index (κ1) is 14.0. The molecule has 2 rings (SSSR count). The minimum absolute atomic E-state index is 0.00659. The molecule has 0 radical (unpaired) electrons. The lowest BCUT2D eigenvalue weighted by Gasteiger charge is -2.15. The molecule has 0 bridgehead atoms. The van der Waals surface area contributed by atoms with Gasteiger partial charge >= 0.3 is 0 Å². The summed E-state index contributed by atoms with van der Waals surface area (Å²) < 4.78 is 5.51. The van der Waals surface area contributed by atoms with E-state index in [0.717, 1.165) is 5.56 Å². The third-order valence-electron chi connectivity index (χ3n) is 3.23. The zero-order valence-electron chi connectivity index (χ0n) is 11.5. The van der Waals surface area contributed by atoms with Crippen LogP contribution in [0.25, 0.3) is 0 Å². The predicted octanol–water partition coefficient (Wildman–Crippen LogP) is 1.82. The van der Waals surface area contributed by atoms with E-state index in [1.54, 1.807) is 4.90 Å². The molecule has 4 heteroatoms. The molecule has 1 aromatic carbocycles. The van der Waals surface area contributed by atoms with Crippen LogP contribution in [-0.4, -0.2) is 41.2 Å². The average molecular weight is 263 g/mol. The minimum atomic E-state index is -0.373. The maximum absolute atomic E-state index is 12.2. The first-order valence-corrected chi connectivity index (χ1v) is 6.74. The number of benzene rings is 1. The van der Waals surface area contributed by atoms with Gasteiger partial charge in [0.25, 0.3) is 5.91 Å². The highest BCUT2D eigenvalue weighted by molar-refractivity contribution is 5.94. The predicted molar refractivity (Wildman–Crippen MR) is 72.9 cm³/mol. The number of hydrogen-bond acceptors (Lipinski definition) is 3. The summed E-state index contributed by atoms with van der Waals surface area (Å²) in [5, 5.41) is 9.45. The Bertz CT molecular complexity index is 428. The molecule has 0 spiro atoms. The minimum Gasteiger partial charge on any atom is -0.391 e. The van der Waals surface area contributed by atoms with Crippen molar-refractivity contribution < 1.29 is 14.6 Å². The molecule has 0 aromatic heterocycles. The third-order valence-corrected chi connectivity index (χ3v) is 3.23. The van der Waals surface area contributed by atoms with Gasteiger partial charge in [-0.05, 0) is 38.0 Å². The van der Waals surface area contributed by atoms with Crippen LogP contribution in [0.4, 0.5) is 0 Å². The number of amides is 1. The van der Waals surface area contributed by atoms with Crippen molar-refractivity contribution in [1.29, 1.82) is 0 Å². The molecular formula is C15H21NO3. The molecule has 1 aliphatic rings. The summed E-state index contributed by atoms with van der Waals surface area (Å²) >= 11 is 0. The summed E-state index contributed by atoms with van der Waals surface area (Å²) in [5.74, 6) is -0.00659. The van der Waals surface area contributed by atoms with Crippen LogP contribution in [0.15, 0.2) is 24.3 Å². The second-order valence-electron chi connectivity index (χ2n) is 5.25. The molecule has 1 heterocycles. The van der Waals surface area contributed by atoms with Crippen molar-refractivity contribution >= 4 is 5.91 Å². The molecule has 1 aliphatic heterocycles. The number of hydrogen-bond donors (Lipinski definition) is 1. The summed E-state index contributed by atoms with van der Waals surface area (Å²) in [6, 6.07) is 7.49. The molecular weight excluding hydrogens is 242 g/mol. The van der Waals surface area contributed by atoms with Crippen LogP contribution in [0.2, 0.25) is 0 Å². The van der Waals surface area contributed by atoms with Crippen LogP contribution in [0.1, 0.15) is 36.2 Å². The van der Waals surface area contributed by atoms with E-state index in [-0.39, 0.29) is 18.1 Å². The lowest BCUT2D eigenvalue weighted by molar-refractivity contribution is 0.0656. The van der Waals surface area contributed by atoms with Gasteiger partial charge in [0.2, 0.25) is 0 Å². The lowest BCUT2D eigenvalue weighted by atomic mass is 10.1. The molecule has 1 aromatic rings. The Kier molecular flexibility index (Phi) is 4.56. The van der Waals surface area contributed by atoms with Gasteiger partial charge < -0.3 is 14.7 Å². The molecule has 1 atom stereocenters. The number of nitrogens with zero attached hydrogens (tertiary/aromatic N) is 1. The highest BCUT2D eigenvalue weighted by Crippen LogP contribution is 2.14. The molecule has 1 saturated heterocycles. The van der Waals surface area contributed by atoms with Crippen molar-refractivity contribution in [1.82, 2.24) is 4.90 Å². The maximum atomic E-state index is 12.2. The third kappa shape index (κ3) is 3.78. The van der Waals surface area contributed by atoms with Gasteiger partial charge in [0, 0.05) is 18.7 Å². The van der Waals surface area contributed by atoms with Gasteiger partial charge in [0.1, 0.15) is 0 Å². The van der Waals surface area contributed by atoms with Crippen LogP contribution in [0.3, 0.4) is 0 Å². The second kappa shape index (κ2) is 6.17. The smallest absolute Gasteiger partial charge is 0.253 e. The summed E-state index contributed by atoms with van der Waals surface area (Å²) in [5.41, 5.74) is 1.73. The standard InChI is InChI=1S/C15H21NO3/c1-11(2)19-10-12-3-5-13(6-4-12)15(18)16-8-7-14(17)9-16/h3-6,11,14,17H,7-10H2,1-2H3/t14-/m0/s1. The fourth-order valence-electron chi connectivity index (χ4n) is 2.12. The zero-order chi connectivity index (χ0) is 13.8. The van der Waals surface area contributed by atoms with Gasteiger partial charge in [0.05, 0.1) is 18.8 Å². The average Bonchev–Trinajstić information content (AvgIpc) is 2.83. The fraction of sp³-hybridized carbons (Fsp3) is 0.533. The first-order valence-electron chi connectivity index (χ1n) is 6.74. The lowest BCUT2D eigenvalue weighted by Crippen LogP contribution is -2.29. The maximum Gasteiger partial charge on any atom is 0.253 e. The highest BCUT2D eigenvalue weighted by Gasteiger charge is 2.25. The molecule has 4 nitrogen and oxygen atoms in total. The van der Waals surface area contributed by atoms with Crippen LogP contribution in [0, 0.1) is 0 Å². The number of carbonyl (C=O) groups is 1. The van der Waals surface area contributed by atoms with Crippen molar-refractivity contribution in [3.05, 3.63) is 35.4 Å². The quantitative estimate of drug-likeness (QED) is 0.901. The number of aliphatic hydroxyl groups is 1. The van der Waals surface area contributed by atoms with Gasteiger partial charge in [-0.1, -0.05) is 12.1 Å². The number of ether oxygens (including phenoxy) is 1. The Labute approximate surface area is 114 Å². The van der Waals surface area contributed by atoms with E-state index in [0.29, 0.717) is 31.7 Å². The molecule has 104 valence electrons. The van der Waals surface area contributed by atoms with E-state index in [9.17, 15) is 9.90 Å². The first-order chi connectivity index (χ1) is 9.06. The van der Waals surface area contributed by atoms with Crippen molar-refractivity contribution in [3.8, 4) is 0 Å². The van der Waals surface area contributed by atoms with E-state index < -0.39 is 0 Å². The van der Waals surface area contributed by atoms with Crippen LogP contribution < -0.4 is 0 Å².